The molecule has 0 spiro atoms. The lowest BCUT2D eigenvalue weighted by Crippen LogP contribution is -2.50. The zero-order valence-corrected chi connectivity index (χ0v) is 29.4. The number of carbonyl (C=O) groups is 1. The molecule has 0 saturated heterocycles. The molecule has 7 atom stereocenters. The third kappa shape index (κ3) is 8.84. The predicted octanol–water partition coefficient (Wildman–Crippen LogP) is 9.63. The molecule has 44 heavy (non-hydrogen) atoms. The Hall–Kier alpha value is -1.07. The summed E-state index contributed by atoms with van der Waals surface area (Å²) in [7, 11) is 0. The third-order valence-corrected chi connectivity index (χ3v) is 13.1. The van der Waals surface area contributed by atoms with Crippen molar-refractivity contribution in [2.75, 3.05) is 26.2 Å². The van der Waals surface area contributed by atoms with E-state index in [1.54, 1.807) is 5.57 Å². The summed E-state index contributed by atoms with van der Waals surface area (Å²) in [6.45, 7) is 13.1. The van der Waals surface area contributed by atoms with Crippen LogP contribution in [0.25, 0.3) is 0 Å². The number of rotatable bonds is 18. The van der Waals surface area contributed by atoms with Crippen LogP contribution in [0.2, 0.25) is 0 Å². The number of nitrogens with zero attached hydrogens (tertiary/aromatic N) is 1. The van der Waals surface area contributed by atoms with Gasteiger partial charge in [0, 0.05) is 19.5 Å². The van der Waals surface area contributed by atoms with Crippen molar-refractivity contribution in [2.24, 2.45) is 51.9 Å². The van der Waals surface area contributed by atoms with Crippen LogP contribution in [0.3, 0.4) is 0 Å². The number of fused-ring (bicyclic) bond motifs is 5. The minimum Gasteiger partial charge on any atom is -0.446 e. The molecule has 1 amide bonds. The molecule has 7 unspecified atom stereocenters. The topological polar surface area (TPSA) is 81.6 Å². The SMILES string of the molecule is CC(C)CCCCC1CCC2C3CC=C4CC(OC(=O)N(CCCCCCN)CCCCCCN)CCC4(C)C3CCC12C. The van der Waals surface area contributed by atoms with Gasteiger partial charge in [0.1, 0.15) is 6.10 Å². The molecule has 0 aromatic heterocycles. The first-order chi connectivity index (χ1) is 21.2. The van der Waals surface area contributed by atoms with Crippen molar-refractivity contribution < 1.29 is 9.53 Å². The molecule has 4 aliphatic carbocycles. The van der Waals surface area contributed by atoms with Gasteiger partial charge in [-0.15, -0.1) is 0 Å². The molecule has 5 heteroatoms. The Morgan fingerprint density at radius 1 is 0.864 bits per heavy atom. The van der Waals surface area contributed by atoms with Gasteiger partial charge >= 0.3 is 6.09 Å². The number of hydrogen-bond acceptors (Lipinski definition) is 4. The number of nitrogens with two attached hydrogens (primary N) is 2. The number of amides is 1. The van der Waals surface area contributed by atoms with Crippen molar-refractivity contribution in [3.63, 3.8) is 0 Å². The predicted molar refractivity (Wildman–Crippen MR) is 185 cm³/mol. The number of unbranched alkanes of at least 4 members (excludes halogenated alkanes) is 7. The van der Waals surface area contributed by atoms with Crippen LogP contribution >= 0.6 is 0 Å². The van der Waals surface area contributed by atoms with Crippen LogP contribution in [0.5, 0.6) is 0 Å². The van der Waals surface area contributed by atoms with Crippen molar-refractivity contribution in [3.05, 3.63) is 11.6 Å². The first kappa shape index (κ1) is 35.8. The molecule has 0 aromatic carbocycles. The second-order valence-electron chi connectivity index (χ2n) is 16.4. The zero-order valence-electron chi connectivity index (χ0n) is 29.4. The fraction of sp³-hybridized carbons (Fsp3) is 0.923. The van der Waals surface area contributed by atoms with E-state index in [-0.39, 0.29) is 12.2 Å². The van der Waals surface area contributed by atoms with Crippen molar-refractivity contribution in [1.29, 1.82) is 0 Å². The molecule has 0 aliphatic heterocycles. The maximum absolute atomic E-state index is 13.5. The van der Waals surface area contributed by atoms with Gasteiger partial charge in [-0.1, -0.05) is 84.3 Å². The van der Waals surface area contributed by atoms with E-state index >= 15 is 0 Å². The van der Waals surface area contributed by atoms with Gasteiger partial charge in [-0.05, 0) is 131 Å². The minimum atomic E-state index is -0.0793. The molecule has 0 heterocycles. The van der Waals surface area contributed by atoms with Crippen LogP contribution in [-0.2, 0) is 4.74 Å². The van der Waals surface area contributed by atoms with E-state index in [9.17, 15) is 4.79 Å². The van der Waals surface area contributed by atoms with Gasteiger partial charge in [0.15, 0.2) is 0 Å². The minimum absolute atomic E-state index is 0.0333. The van der Waals surface area contributed by atoms with E-state index in [2.05, 4.69) is 33.8 Å². The summed E-state index contributed by atoms with van der Waals surface area (Å²) in [5.41, 5.74) is 13.8. The van der Waals surface area contributed by atoms with E-state index < -0.39 is 0 Å². The van der Waals surface area contributed by atoms with E-state index in [1.165, 1.54) is 64.2 Å². The lowest BCUT2D eigenvalue weighted by atomic mass is 9.47. The quantitative estimate of drug-likeness (QED) is 0.119. The Kier molecular flexibility index (Phi) is 14.0. The number of allylic oxidation sites excluding steroid dienone is 1. The molecule has 0 aromatic rings. The third-order valence-electron chi connectivity index (χ3n) is 13.1. The first-order valence-electron chi connectivity index (χ1n) is 19.3. The Morgan fingerprint density at radius 2 is 1.55 bits per heavy atom. The highest BCUT2D eigenvalue weighted by molar-refractivity contribution is 5.67. The molecule has 3 saturated carbocycles. The van der Waals surface area contributed by atoms with Crippen LogP contribution in [-0.4, -0.2) is 43.3 Å². The molecule has 0 bridgehead atoms. The Morgan fingerprint density at radius 3 is 2.20 bits per heavy atom. The normalized spacial score (nSPS) is 33.0. The number of carbonyl (C=O) groups excluding carboxylic acids is 1. The molecule has 5 nitrogen and oxygen atoms in total. The van der Waals surface area contributed by atoms with Crippen molar-refractivity contribution in [1.82, 2.24) is 4.90 Å². The molecule has 4 rings (SSSR count). The molecule has 4 aliphatic rings. The number of hydrogen-bond donors (Lipinski definition) is 2. The molecular formula is C39H71N3O2. The standard InChI is InChI=1S/C39H71N3O2/c1-30(2)15-9-10-16-31-18-20-35-34-19-17-32-29-33(21-23-39(32,4)36(34)22-24-38(31,35)3)44-37(43)42(27-13-7-5-11-25-40)28-14-8-6-12-26-41/h17,30-31,33-36H,5-16,18-29,40-41H2,1-4H3. The Bertz CT molecular complexity index is 890. The lowest BCUT2D eigenvalue weighted by Gasteiger charge is -2.58. The van der Waals surface area contributed by atoms with E-state index in [0.717, 1.165) is 120 Å². The van der Waals surface area contributed by atoms with Gasteiger partial charge in [0.25, 0.3) is 0 Å². The summed E-state index contributed by atoms with van der Waals surface area (Å²) in [6.07, 6.45) is 27.2. The Labute approximate surface area is 272 Å². The van der Waals surface area contributed by atoms with Crippen LogP contribution in [0, 0.1) is 40.4 Å². The van der Waals surface area contributed by atoms with Gasteiger partial charge in [0.05, 0.1) is 0 Å². The monoisotopic (exact) mass is 614 g/mol. The maximum Gasteiger partial charge on any atom is 0.410 e. The maximum atomic E-state index is 13.5. The highest BCUT2D eigenvalue weighted by atomic mass is 16.6. The lowest BCUT2D eigenvalue weighted by molar-refractivity contribution is -0.0534. The highest BCUT2D eigenvalue weighted by Crippen LogP contribution is 2.66. The molecule has 0 radical (unpaired) electrons. The largest absolute Gasteiger partial charge is 0.446 e. The number of ether oxygens (including phenoxy) is 1. The van der Waals surface area contributed by atoms with E-state index in [4.69, 9.17) is 16.2 Å². The zero-order chi connectivity index (χ0) is 31.6. The average molecular weight is 614 g/mol. The van der Waals surface area contributed by atoms with Gasteiger partial charge in [-0.3, -0.25) is 0 Å². The van der Waals surface area contributed by atoms with Crippen LogP contribution in [0.15, 0.2) is 11.6 Å². The Balaban J connectivity index is 1.32. The van der Waals surface area contributed by atoms with Crippen LogP contribution < -0.4 is 11.5 Å². The van der Waals surface area contributed by atoms with Crippen molar-refractivity contribution in [2.45, 2.75) is 162 Å². The van der Waals surface area contributed by atoms with Gasteiger partial charge in [-0.2, -0.15) is 0 Å². The summed E-state index contributed by atoms with van der Waals surface area (Å²) >= 11 is 0. The average Bonchev–Trinajstić information content (AvgIpc) is 3.34. The summed E-state index contributed by atoms with van der Waals surface area (Å²) in [4.78, 5) is 15.5. The fourth-order valence-electron chi connectivity index (χ4n) is 10.4. The van der Waals surface area contributed by atoms with Crippen molar-refractivity contribution in [3.8, 4) is 0 Å². The van der Waals surface area contributed by atoms with E-state index in [1.807, 2.05) is 4.90 Å². The first-order valence-corrected chi connectivity index (χ1v) is 19.3. The van der Waals surface area contributed by atoms with Crippen LogP contribution in [0.4, 0.5) is 4.79 Å². The van der Waals surface area contributed by atoms with Crippen molar-refractivity contribution >= 4 is 6.09 Å². The smallest absolute Gasteiger partial charge is 0.410 e. The molecule has 4 N–H and O–H groups in total. The second kappa shape index (κ2) is 17.2. The van der Waals surface area contributed by atoms with Gasteiger partial charge in [-0.25, -0.2) is 4.79 Å². The second-order valence-corrected chi connectivity index (χ2v) is 16.4. The molecular weight excluding hydrogens is 542 g/mol. The van der Waals surface area contributed by atoms with Gasteiger partial charge in [0.2, 0.25) is 0 Å². The molecule has 3 fully saturated rings. The van der Waals surface area contributed by atoms with Crippen LogP contribution in [0.1, 0.15) is 156 Å². The summed E-state index contributed by atoms with van der Waals surface area (Å²) in [5, 5.41) is 0. The summed E-state index contributed by atoms with van der Waals surface area (Å²) < 4.78 is 6.31. The molecule has 254 valence electrons. The highest BCUT2D eigenvalue weighted by Gasteiger charge is 2.58. The van der Waals surface area contributed by atoms with E-state index in [0.29, 0.717) is 10.8 Å². The summed E-state index contributed by atoms with van der Waals surface area (Å²) in [6, 6.07) is 0. The van der Waals surface area contributed by atoms with Gasteiger partial charge < -0.3 is 21.1 Å². The fourth-order valence-corrected chi connectivity index (χ4v) is 10.4. The summed E-state index contributed by atoms with van der Waals surface area (Å²) in [5.74, 6) is 4.36.